The molecule has 2 atom stereocenters. The van der Waals surface area contributed by atoms with Crippen LogP contribution in [0.3, 0.4) is 0 Å². The van der Waals surface area contributed by atoms with Crippen LogP contribution in [-0.4, -0.2) is 39.3 Å². The predicted molar refractivity (Wildman–Crippen MR) is 130 cm³/mol. The van der Waals surface area contributed by atoms with E-state index in [2.05, 4.69) is 27.1 Å². The van der Waals surface area contributed by atoms with Crippen LogP contribution in [0.5, 0.6) is 0 Å². The summed E-state index contributed by atoms with van der Waals surface area (Å²) in [6.07, 6.45) is 7.87. The molecule has 0 aliphatic carbocycles. The molecule has 2 heterocycles. The second kappa shape index (κ2) is 12.7. The Morgan fingerprint density at radius 1 is 1.50 bits per heavy atom. The summed E-state index contributed by atoms with van der Waals surface area (Å²) in [5.41, 5.74) is 8.07. The molecule has 8 nitrogen and oxygen atoms in total. The molecule has 0 aliphatic heterocycles. The Morgan fingerprint density at radius 2 is 2.28 bits per heavy atom. The first-order valence-corrected chi connectivity index (χ1v) is 10.6. The van der Waals surface area contributed by atoms with Crippen molar-refractivity contribution < 1.29 is 9.84 Å². The van der Waals surface area contributed by atoms with Crippen LogP contribution in [0, 0.1) is 5.92 Å². The number of nitrogens with two attached hydrogens (primary N) is 1. The number of allylic oxidation sites excluding steroid dienone is 5. The predicted octanol–water partition coefficient (Wildman–Crippen LogP) is 4.46. The van der Waals surface area contributed by atoms with Gasteiger partial charge in [-0.05, 0) is 31.6 Å². The van der Waals surface area contributed by atoms with E-state index in [1.165, 1.54) is 0 Å². The van der Waals surface area contributed by atoms with Gasteiger partial charge < -0.3 is 20.9 Å². The topological polar surface area (TPSA) is 121 Å². The summed E-state index contributed by atoms with van der Waals surface area (Å²) in [4.78, 5) is 8.95. The third-order valence-corrected chi connectivity index (χ3v) is 5.16. The van der Waals surface area contributed by atoms with Gasteiger partial charge in [-0.25, -0.2) is 0 Å². The molecule has 2 aromatic heterocycles. The highest BCUT2D eigenvalue weighted by Crippen LogP contribution is 2.21. The molecule has 0 aliphatic rings. The van der Waals surface area contributed by atoms with Crippen LogP contribution in [0.4, 0.5) is 5.82 Å². The lowest BCUT2D eigenvalue weighted by molar-refractivity contribution is 0.265. The van der Waals surface area contributed by atoms with E-state index in [1.807, 2.05) is 31.2 Å². The van der Waals surface area contributed by atoms with Crippen molar-refractivity contribution in [2.24, 2.45) is 16.6 Å². The molecule has 0 saturated carbocycles. The first-order valence-electron chi connectivity index (χ1n) is 10.2. The minimum absolute atomic E-state index is 0.0765. The maximum atomic E-state index is 9.53. The van der Waals surface area contributed by atoms with Gasteiger partial charge in [-0.2, -0.15) is 5.10 Å². The van der Waals surface area contributed by atoms with Crippen LogP contribution in [0.1, 0.15) is 31.5 Å². The van der Waals surface area contributed by atoms with Crippen LogP contribution in [0.2, 0.25) is 0 Å². The van der Waals surface area contributed by atoms with E-state index in [1.54, 1.807) is 32.5 Å². The molecule has 0 bridgehead atoms. The number of aliphatic hydroxyl groups excluding tert-OH is 1. The van der Waals surface area contributed by atoms with E-state index in [0.29, 0.717) is 36.1 Å². The lowest BCUT2D eigenvalue weighted by Crippen LogP contribution is -2.37. The van der Waals surface area contributed by atoms with Crippen molar-refractivity contribution in [2.45, 2.75) is 39.3 Å². The van der Waals surface area contributed by atoms with Crippen LogP contribution in [0.25, 0.3) is 0 Å². The van der Waals surface area contributed by atoms with Gasteiger partial charge in [0.1, 0.15) is 11.6 Å². The van der Waals surface area contributed by atoms with Gasteiger partial charge in [0.2, 0.25) is 0 Å². The average Bonchev–Trinajstić information content (AvgIpc) is 3.21. The van der Waals surface area contributed by atoms with Crippen molar-refractivity contribution in [1.82, 2.24) is 15.2 Å². The van der Waals surface area contributed by atoms with Gasteiger partial charge in [-0.1, -0.05) is 30.3 Å². The van der Waals surface area contributed by atoms with Gasteiger partial charge in [0.15, 0.2) is 5.82 Å². The van der Waals surface area contributed by atoms with Crippen LogP contribution in [0.15, 0.2) is 70.9 Å². The van der Waals surface area contributed by atoms with Crippen molar-refractivity contribution in [1.29, 1.82) is 0 Å². The molecule has 2 rings (SSSR count). The maximum absolute atomic E-state index is 9.53. The number of pyridine rings is 1. The second-order valence-corrected chi connectivity index (χ2v) is 7.83. The molecular formula is C23H31ClN6O2. The Kier molecular flexibility index (Phi) is 9.97. The fraction of sp³-hybridized carbons (Fsp3) is 0.348. The Labute approximate surface area is 194 Å². The molecule has 9 heteroatoms. The van der Waals surface area contributed by atoms with Crippen LogP contribution in [-0.2, 0) is 17.7 Å². The minimum atomic E-state index is -0.216. The maximum Gasteiger partial charge on any atom is 0.153 e. The zero-order chi connectivity index (χ0) is 23.5. The SMILES string of the molecule is C=C/C=C(\CC(C(=NCc1cccnc1)Nc1cc(C/C(Cl)=C(\C)O)[nH]n1)C(C)N)OC. The summed E-state index contributed by atoms with van der Waals surface area (Å²) >= 11 is 6.06. The molecule has 2 aromatic rings. The number of nitrogens with one attached hydrogen (secondary N) is 2. The van der Waals surface area contributed by atoms with E-state index in [9.17, 15) is 5.11 Å². The summed E-state index contributed by atoms with van der Waals surface area (Å²) in [7, 11) is 1.62. The number of nitrogens with zero attached hydrogens (tertiary/aromatic N) is 3. The van der Waals surface area contributed by atoms with Crippen molar-refractivity contribution in [3.63, 3.8) is 0 Å². The standard InChI is InChI=1S/C23H31ClN6O2/c1-5-7-19(32-4)12-20(15(2)25)23(27-14-17-8-6-9-26-13-17)28-22-11-18(29-30-22)10-21(24)16(3)31/h5-9,11,13,15,20,31H,1,10,12,14,25H2,2-4H3,(H2,27,28,29,30)/b19-7+,21-16-. The summed E-state index contributed by atoms with van der Waals surface area (Å²) < 4.78 is 5.48. The number of methoxy groups -OCH3 is 1. The molecular weight excluding hydrogens is 428 g/mol. The molecule has 0 aromatic carbocycles. The largest absolute Gasteiger partial charge is 0.511 e. The van der Waals surface area contributed by atoms with Crippen molar-refractivity contribution in [3.8, 4) is 0 Å². The Bertz CT molecular complexity index is 962. The number of rotatable bonds is 11. The fourth-order valence-electron chi connectivity index (χ4n) is 2.96. The molecule has 0 saturated heterocycles. The zero-order valence-electron chi connectivity index (χ0n) is 18.7. The van der Waals surface area contributed by atoms with E-state index >= 15 is 0 Å². The molecule has 172 valence electrons. The van der Waals surface area contributed by atoms with Gasteiger partial charge in [0.25, 0.3) is 0 Å². The first-order chi connectivity index (χ1) is 15.3. The van der Waals surface area contributed by atoms with E-state index in [0.717, 1.165) is 17.0 Å². The summed E-state index contributed by atoms with van der Waals surface area (Å²) in [5, 5.41) is 20.4. The van der Waals surface area contributed by atoms with Crippen molar-refractivity contribution in [2.75, 3.05) is 12.4 Å². The van der Waals surface area contributed by atoms with Crippen LogP contribution >= 0.6 is 11.6 Å². The number of aliphatic imine (C=N–C) groups is 1. The van der Waals surface area contributed by atoms with Crippen molar-refractivity contribution >= 4 is 23.3 Å². The number of hydrogen-bond acceptors (Lipinski definition) is 6. The smallest absolute Gasteiger partial charge is 0.153 e. The highest BCUT2D eigenvalue weighted by Gasteiger charge is 2.23. The normalized spacial score (nSPS) is 15.0. The number of ether oxygens (including phenoxy) is 1. The van der Waals surface area contributed by atoms with E-state index in [-0.39, 0.29) is 17.7 Å². The Hall–Kier alpha value is -3.10. The molecule has 5 N–H and O–H groups in total. The molecule has 0 fully saturated rings. The van der Waals surface area contributed by atoms with Gasteiger partial charge in [-0.15, -0.1) is 0 Å². The highest BCUT2D eigenvalue weighted by molar-refractivity contribution is 6.29. The average molecular weight is 459 g/mol. The molecule has 0 radical (unpaired) electrons. The number of aliphatic hydroxyl groups is 1. The Morgan fingerprint density at radius 3 is 2.88 bits per heavy atom. The third kappa shape index (κ3) is 7.86. The number of halogens is 1. The molecule has 0 spiro atoms. The van der Waals surface area contributed by atoms with Gasteiger partial charge in [-0.3, -0.25) is 15.1 Å². The molecule has 0 amide bonds. The van der Waals surface area contributed by atoms with E-state index in [4.69, 9.17) is 27.1 Å². The number of aromatic nitrogens is 3. The van der Waals surface area contributed by atoms with Gasteiger partial charge in [0.05, 0.1) is 24.4 Å². The number of anilines is 1. The molecule has 32 heavy (non-hydrogen) atoms. The van der Waals surface area contributed by atoms with Gasteiger partial charge in [0, 0.05) is 49.0 Å². The van der Waals surface area contributed by atoms with Gasteiger partial charge >= 0.3 is 0 Å². The number of aromatic amines is 1. The summed E-state index contributed by atoms with van der Waals surface area (Å²) in [6.45, 7) is 7.64. The lowest BCUT2D eigenvalue weighted by Gasteiger charge is -2.24. The Balaban J connectivity index is 2.32. The summed E-state index contributed by atoms with van der Waals surface area (Å²) in [5.74, 6) is 1.90. The second-order valence-electron chi connectivity index (χ2n) is 7.38. The minimum Gasteiger partial charge on any atom is -0.511 e. The quantitative estimate of drug-likeness (QED) is 0.171. The number of amidine groups is 1. The number of H-pyrrole nitrogens is 1. The third-order valence-electron chi connectivity index (χ3n) is 4.75. The molecule has 2 unspecified atom stereocenters. The number of hydrogen-bond donors (Lipinski definition) is 4. The van der Waals surface area contributed by atoms with Crippen molar-refractivity contribution in [3.05, 3.63) is 77.1 Å². The van der Waals surface area contributed by atoms with Crippen LogP contribution < -0.4 is 11.1 Å². The zero-order valence-corrected chi connectivity index (χ0v) is 19.4. The summed E-state index contributed by atoms with van der Waals surface area (Å²) in [6, 6.07) is 5.44. The fourth-order valence-corrected chi connectivity index (χ4v) is 3.10. The van der Waals surface area contributed by atoms with E-state index < -0.39 is 0 Å². The monoisotopic (exact) mass is 458 g/mol. The lowest BCUT2D eigenvalue weighted by atomic mass is 9.95. The highest BCUT2D eigenvalue weighted by atomic mass is 35.5. The first kappa shape index (κ1) is 25.2.